The first kappa shape index (κ1) is 12.5. The molecule has 0 aromatic heterocycles. The van der Waals surface area contributed by atoms with Crippen LogP contribution in [0.1, 0.15) is 11.7 Å². The Kier molecular flexibility index (Phi) is 4.75. The molecule has 0 radical (unpaired) electrons. The molecule has 0 aliphatic rings. The minimum atomic E-state index is -1.07. The Morgan fingerprint density at radius 3 is 2.75 bits per heavy atom. The first-order valence-electron chi connectivity index (χ1n) is 4.85. The van der Waals surface area contributed by atoms with Crippen molar-refractivity contribution in [2.24, 2.45) is 5.11 Å². The quantitative estimate of drug-likeness (QED) is 0.397. The first-order valence-corrected chi connectivity index (χ1v) is 4.85. The van der Waals surface area contributed by atoms with E-state index in [0.717, 1.165) is 0 Å². The van der Waals surface area contributed by atoms with Crippen LogP contribution < -0.4 is 5.32 Å². The molecule has 16 heavy (non-hydrogen) atoms. The highest BCUT2D eigenvalue weighted by Crippen LogP contribution is 2.27. The molecule has 6 nitrogen and oxygen atoms in total. The summed E-state index contributed by atoms with van der Waals surface area (Å²) in [4.78, 5) is 2.67. The number of nitrogens with zero attached hydrogens (tertiary/aromatic N) is 3. The van der Waals surface area contributed by atoms with Crippen molar-refractivity contribution in [3.8, 4) is 0 Å². The fourth-order valence-corrected chi connectivity index (χ4v) is 1.40. The van der Waals surface area contributed by atoms with Crippen molar-refractivity contribution < 1.29 is 10.2 Å². The number of benzene rings is 1. The van der Waals surface area contributed by atoms with Crippen molar-refractivity contribution in [1.29, 1.82) is 0 Å². The summed E-state index contributed by atoms with van der Waals surface area (Å²) in [5, 5.41) is 25.7. The maximum atomic E-state index is 9.85. The minimum Gasteiger partial charge on any atom is -0.389 e. The van der Waals surface area contributed by atoms with Crippen LogP contribution in [0.3, 0.4) is 0 Å². The molecule has 0 fully saturated rings. The fourth-order valence-electron chi connectivity index (χ4n) is 1.40. The van der Waals surface area contributed by atoms with Gasteiger partial charge in [0.1, 0.15) is 6.10 Å². The van der Waals surface area contributed by atoms with Crippen molar-refractivity contribution in [2.45, 2.75) is 12.2 Å². The summed E-state index contributed by atoms with van der Waals surface area (Å²) in [7, 11) is 1.68. The van der Waals surface area contributed by atoms with Crippen LogP contribution >= 0.6 is 0 Å². The van der Waals surface area contributed by atoms with Crippen LogP contribution in [0.2, 0.25) is 0 Å². The SMILES string of the molecule is CNCC(O)C(O)c1ccccc1N=[N+]=[N-]. The Morgan fingerprint density at radius 2 is 2.12 bits per heavy atom. The van der Waals surface area contributed by atoms with Crippen LogP contribution in [-0.4, -0.2) is 29.9 Å². The third-order valence-electron chi connectivity index (χ3n) is 2.19. The van der Waals surface area contributed by atoms with E-state index in [0.29, 0.717) is 11.3 Å². The molecule has 0 saturated carbocycles. The van der Waals surface area contributed by atoms with Gasteiger partial charge in [-0.2, -0.15) is 0 Å². The third kappa shape index (κ3) is 2.95. The molecule has 3 N–H and O–H groups in total. The van der Waals surface area contributed by atoms with Crippen molar-refractivity contribution in [3.05, 3.63) is 40.3 Å². The molecule has 0 spiro atoms. The fraction of sp³-hybridized carbons (Fsp3) is 0.400. The van der Waals surface area contributed by atoms with Gasteiger partial charge in [-0.1, -0.05) is 29.4 Å². The number of likely N-dealkylation sites (N-methyl/N-ethyl adjacent to an activating group) is 1. The van der Waals surface area contributed by atoms with E-state index in [4.69, 9.17) is 5.53 Å². The Hall–Kier alpha value is -1.59. The number of aliphatic hydroxyl groups is 2. The highest BCUT2D eigenvalue weighted by Gasteiger charge is 2.19. The zero-order valence-electron chi connectivity index (χ0n) is 8.91. The second-order valence-corrected chi connectivity index (χ2v) is 3.32. The molecule has 0 amide bonds. The smallest absolute Gasteiger partial charge is 0.107 e. The molecule has 1 rings (SSSR count). The molecule has 0 heterocycles. The molecule has 6 heteroatoms. The molecule has 1 aromatic carbocycles. The summed E-state index contributed by atoms with van der Waals surface area (Å²) >= 11 is 0. The summed E-state index contributed by atoms with van der Waals surface area (Å²) < 4.78 is 0. The van der Waals surface area contributed by atoms with Gasteiger partial charge in [0, 0.05) is 17.1 Å². The van der Waals surface area contributed by atoms with Gasteiger partial charge in [-0.05, 0) is 18.1 Å². The number of hydrogen-bond acceptors (Lipinski definition) is 4. The maximum absolute atomic E-state index is 9.85. The lowest BCUT2D eigenvalue weighted by Crippen LogP contribution is -2.29. The summed E-state index contributed by atoms with van der Waals surface area (Å²) in [5.41, 5.74) is 9.12. The number of aliphatic hydroxyl groups excluding tert-OH is 2. The van der Waals surface area contributed by atoms with Crippen molar-refractivity contribution in [1.82, 2.24) is 5.32 Å². The van der Waals surface area contributed by atoms with Crippen LogP contribution in [0.5, 0.6) is 0 Å². The Labute approximate surface area is 93.2 Å². The predicted molar refractivity (Wildman–Crippen MR) is 60.1 cm³/mol. The van der Waals surface area contributed by atoms with Crippen LogP contribution in [-0.2, 0) is 0 Å². The van der Waals surface area contributed by atoms with Gasteiger partial charge >= 0.3 is 0 Å². The van der Waals surface area contributed by atoms with E-state index in [1.807, 2.05) is 0 Å². The zero-order valence-corrected chi connectivity index (χ0v) is 8.91. The van der Waals surface area contributed by atoms with E-state index < -0.39 is 12.2 Å². The Balaban J connectivity index is 2.97. The second kappa shape index (κ2) is 6.09. The van der Waals surface area contributed by atoms with Gasteiger partial charge in [0.2, 0.25) is 0 Å². The van der Waals surface area contributed by atoms with Crippen LogP contribution in [0.25, 0.3) is 10.4 Å². The van der Waals surface area contributed by atoms with E-state index >= 15 is 0 Å². The normalized spacial score (nSPS) is 13.9. The number of azide groups is 1. The minimum absolute atomic E-state index is 0.256. The number of hydrogen-bond donors (Lipinski definition) is 3. The highest BCUT2D eigenvalue weighted by atomic mass is 16.3. The second-order valence-electron chi connectivity index (χ2n) is 3.32. The largest absolute Gasteiger partial charge is 0.389 e. The maximum Gasteiger partial charge on any atom is 0.107 e. The predicted octanol–water partition coefficient (Wildman–Crippen LogP) is 1.24. The molecule has 0 saturated heterocycles. The molecule has 86 valence electrons. The first-order chi connectivity index (χ1) is 7.70. The van der Waals surface area contributed by atoms with Crippen LogP contribution in [0.4, 0.5) is 5.69 Å². The van der Waals surface area contributed by atoms with Gasteiger partial charge in [0.15, 0.2) is 0 Å². The van der Waals surface area contributed by atoms with Gasteiger partial charge in [-0.15, -0.1) is 0 Å². The van der Waals surface area contributed by atoms with E-state index in [2.05, 4.69) is 15.3 Å². The molecule has 1 aromatic rings. The lowest BCUT2D eigenvalue weighted by atomic mass is 10.0. The molecule has 2 atom stereocenters. The summed E-state index contributed by atoms with van der Waals surface area (Å²) in [6.45, 7) is 0.256. The molecule has 0 bridgehead atoms. The summed E-state index contributed by atoms with van der Waals surface area (Å²) in [6.07, 6.45) is -2.02. The zero-order chi connectivity index (χ0) is 12.0. The standard InChI is InChI=1S/C10H14N4O2/c1-12-6-9(15)10(16)7-4-2-3-5-8(7)13-14-11/h2-5,9-10,12,15-16H,6H2,1H3. The number of rotatable bonds is 5. The molecule has 0 aliphatic carbocycles. The van der Waals surface area contributed by atoms with E-state index in [-0.39, 0.29) is 6.54 Å². The molecular formula is C10H14N4O2. The molecular weight excluding hydrogens is 208 g/mol. The lowest BCUT2D eigenvalue weighted by molar-refractivity contribution is 0.0206. The third-order valence-corrected chi connectivity index (χ3v) is 2.19. The highest BCUT2D eigenvalue weighted by molar-refractivity contribution is 5.47. The summed E-state index contributed by atoms with van der Waals surface area (Å²) in [5.74, 6) is 0. The average Bonchev–Trinajstić information content (AvgIpc) is 2.29. The number of nitrogens with one attached hydrogen (secondary N) is 1. The van der Waals surface area contributed by atoms with Gasteiger partial charge in [-0.25, -0.2) is 0 Å². The van der Waals surface area contributed by atoms with Gasteiger partial charge in [0.25, 0.3) is 0 Å². The topological polar surface area (TPSA) is 101 Å². The van der Waals surface area contributed by atoms with Crippen molar-refractivity contribution in [3.63, 3.8) is 0 Å². The monoisotopic (exact) mass is 222 g/mol. The Bertz CT molecular complexity index is 390. The summed E-state index contributed by atoms with van der Waals surface area (Å²) in [6, 6.07) is 6.61. The van der Waals surface area contributed by atoms with E-state index in [9.17, 15) is 10.2 Å². The lowest BCUT2D eigenvalue weighted by Gasteiger charge is -2.19. The van der Waals surface area contributed by atoms with Crippen LogP contribution in [0, 0.1) is 0 Å². The van der Waals surface area contributed by atoms with Gasteiger partial charge in [-0.3, -0.25) is 0 Å². The van der Waals surface area contributed by atoms with Crippen LogP contribution in [0.15, 0.2) is 29.4 Å². The van der Waals surface area contributed by atoms with E-state index in [1.165, 1.54) is 0 Å². The van der Waals surface area contributed by atoms with Crippen molar-refractivity contribution in [2.75, 3.05) is 13.6 Å². The Morgan fingerprint density at radius 1 is 1.44 bits per heavy atom. The van der Waals surface area contributed by atoms with Gasteiger partial charge < -0.3 is 15.5 Å². The van der Waals surface area contributed by atoms with Gasteiger partial charge in [0.05, 0.1) is 6.10 Å². The van der Waals surface area contributed by atoms with E-state index in [1.54, 1.807) is 31.3 Å². The van der Waals surface area contributed by atoms with Crippen molar-refractivity contribution >= 4 is 5.69 Å². The average molecular weight is 222 g/mol. The molecule has 2 unspecified atom stereocenters. The molecule has 0 aliphatic heterocycles.